The number of hydrogen-bond donors (Lipinski definition) is 8. The summed E-state index contributed by atoms with van der Waals surface area (Å²) in [6.45, 7) is -1.57. The summed E-state index contributed by atoms with van der Waals surface area (Å²) >= 11 is 0. The first-order valence-corrected chi connectivity index (χ1v) is 23.5. The normalized spacial score (nSPS) is 19.4. The van der Waals surface area contributed by atoms with Gasteiger partial charge in [-0.3, -0.25) is 28.5 Å². The fourth-order valence-corrected chi connectivity index (χ4v) is 8.62. The Balaban J connectivity index is 1.21. The summed E-state index contributed by atoms with van der Waals surface area (Å²) in [4.78, 5) is 94.0. The Kier molecular flexibility index (Phi) is 20.8. The fraction of sp³-hybridized carbons (Fsp3) is 0.562. The van der Waals surface area contributed by atoms with Gasteiger partial charge in [0, 0.05) is 47.1 Å². The largest absolute Gasteiger partial charge is 0.491 e. The van der Waals surface area contributed by atoms with Crippen molar-refractivity contribution in [3.8, 4) is 17.6 Å². The average Bonchev–Trinajstić information content (AvgIpc) is 3.61. The first-order valence-electron chi connectivity index (χ1n) is 19.0. The Morgan fingerprint density at radius 1 is 1.05 bits per heavy atom. The van der Waals surface area contributed by atoms with Crippen LogP contribution >= 0.6 is 23.5 Å². The van der Waals surface area contributed by atoms with Crippen LogP contribution in [-0.4, -0.2) is 125 Å². The van der Waals surface area contributed by atoms with Gasteiger partial charge >= 0.3 is 29.2 Å². The van der Waals surface area contributed by atoms with E-state index in [1.54, 1.807) is 18.2 Å². The Hall–Kier alpha value is -4.97. The number of nitrogens with one attached hydrogen (secondary N) is 4. The number of aromatic amines is 1. The van der Waals surface area contributed by atoms with Gasteiger partial charge in [-0.15, -0.1) is 0 Å². The molecule has 2 fully saturated rings. The molecule has 0 bridgehead atoms. The van der Waals surface area contributed by atoms with Gasteiger partial charge in [0.1, 0.15) is 43.6 Å². The molecule has 8 N–H and O–H groups in total. The predicted molar refractivity (Wildman–Crippen MR) is 218 cm³/mol. The van der Waals surface area contributed by atoms with Crippen LogP contribution in [0.25, 0.3) is 20.9 Å². The molecule has 0 radical (unpaired) electrons. The van der Waals surface area contributed by atoms with E-state index in [2.05, 4.69) is 61.0 Å². The molecule has 2 amide bonds. The number of azide groups is 2. The number of amides is 2. The molecule has 33 heteroatoms. The number of ether oxygens (including phenoxy) is 5. The topological polar surface area (TPSA) is 429 Å². The molecule has 1 saturated carbocycles. The van der Waals surface area contributed by atoms with E-state index >= 15 is 0 Å². The minimum atomic E-state index is -5.84. The Bertz CT molecular complexity index is 2390. The van der Waals surface area contributed by atoms with Gasteiger partial charge in [0.15, 0.2) is 6.23 Å². The number of rotatable bonds is 27. The van der Waals surface area contributed by atoms with Crippen LogP contribution < -0.4 is 31.9 Å². The highest BCUT2D eigenvalue weighted by molar-refractivity contribution is 7.66. The second kappa shape index (κ2) is 25.7. The molecule has 1 aromatic heterocycles. The third-order valence-electron chi connectivity index (χ3n) is 8.67. The van der Waals surface area contributed by atoms with Crippen LogP contribution in [0.4, 0.5) is 0 Å². The fourth-order valence-electron chi connectivity index (χ4n) is 5.59. The van der Waals surface area contributed by atoms with Crippen LogP contribution in [0.3, 0.4) is 0 Å². The number of H-pyrrole nitrogens is 1. The van der Waals surface area contributed by atoms with E-state index < -0.39 is 85.2 Å². The van der Waals surface area contributed by atoms with Gasteiger partial charge in [0.2, 0.25) is 5.91 Å². The number of carbonyl (C=O) groups excluding carboxylic acids is 2. The van der Waals surface area contributed by atoms with E-state index in [1.165, 1.54) is 12.5 Å². The number of phosphoric ester groups is 1. The van der Waals surface area contributed by atoms with Crippen molar-refractivity contribution < 1.29 is 79.7 Å². The third-order valence-corrected chi connectivity index (χ3v) is 12.5. The van der Waals surface area contributed by atoms with Crippen molar-refractivity contribution in [2.45, 2.75) is 56.4 Å². The first kappa shape index (κ1) is 52.7. The molecule has 65 heavy (non-hydrogen) atoms. The van der Waals surface area contributed by atoms with Crippen LogP contribution in [0.5, 0.6) is 5.75 Å². The van der Waals surface area contributed by atoms with E-state index in [0.717, 1.165) is 23.6 Å². The molecule has 2 aliphatic rings. The summed E-state index contributed by atoms with van der Waals surface area (Å²) in [5, 5.41) is 15.4. The van der Waals surface area contributed by atoms with Gasteiger partial charge in [-0.2, -0.15) is 8.62 Å². The van der Waals surface area contributed by atoms with E-state index in [-0.39, 0.29) is 44.3 Å². The van der Waals surface area contributed by atoms with Crippen LogP contribution in [0.2, 0.25) is 0 Å². The minimum absolute atomic E-state index is 0.0987. The Morgan fingerprint density at radius 3 is 2.54 bits per heavy atom. The van der Waals surface area contributed by atoms with Crippen molar-refractivity contribution in [3.63, 3.8) is 0 Å². The van der Waals surface area contributed by atoms with Crippen LogP contribution in [0, 0.1) is 11.8 Å². The van der Waals surface area contributed by atoms with Crippen molar-refractivity contribution in [2.24, 2.45) is 10.2 Å². The summed E-state index contributed by atoms with van der Waals surface area (Å²) in [5.41, 5.74) is 15.7. The highest BCUT2D eigenvalue weighted by Crippen LogP contribution is 2.66. The maximum Gasteiger partial charge on any atom is 0.490 e. The third kappa shape index (κ3) is 19.2. The zero-order valence-corrected chi connectivity index (χ0v) is 36.5. The molecule has 30 nitrogen and oxygen atoms in total. The number of phosphoric acid groups is 3. The van der Waals surface area contributed by atoms with Gasteiger partial charge in [0.25, 0.3) is 11.5 Å². The van der Waals surface area contributed by atoms with Crippen molar-refractivity contribution in [1.82, 2.24) is 25.5 Å². The lowest BCUT2D eigenvalue weighted by Gasteiger charge is -2.26. The van der Waals surface area contributed by atoms with E-state index in [0.29, 0.717) is 30.4 Å². The maximum absolute atomic E-state index is 12.7. The van der Waals surface area contributed by atoms with Crippen LogP contribution in [0.1, 0.15) is 47.8 Å². The Labute approximate surface area is 366 Å². The zero-order valence-electron chi connectivity index (χ0n) is 33.9. The molecule has 1 aromatic carbocycles. The quantitative estimate of drug-likeness (QED) is 0.0154. The number of benzene rings is 1. The lowest BCUT2D eigenvalue weighted by Crippen LogP contribution is -2.40. The summed E-state index contributed by atoms with van der Waals surface area (Å²) in [6, 6.07) is 6.95. The van der Waals surface area contributed by atoms with Crippen molar-refractivity contribution in [2.75, 3.05) is 59.4 Å². The minimum Gasteiger partial charge on any atom is -0.491 e. The van der Waals surface area contributed by atoms with Gasteiger partial charge in [-0.25, -0.2) is 18.5 Å². The van der Waals surface area contributed by atoms with E-state index in [1.807, 2.05) is 4.98 Å². The van der Waals surface area contributed by atoms with Crippen molar-refractivity contribution >= 4 is 35.3 Å². The number of carbonyl (C=O) groups is 2. The summed E-state index contributed by atoms with van der Waals surface area (Å²) in [7, 11) is -17.1. The lowest BCUT2D eigenvalue weighted by molar-refractivity contribution is -0.126. The second-order valence-electron chi connectivity index (χ2n) is 13.4. The molecule has 2 aromatic rings. The molecule has 3 unspecified atom stereocenters. The number of hydrogen-bond acceptors (Lipinski definition) is 18. The number of aromatic nitrogens is 2. The van der Waals surface area contributed by atoms with E-state index in [9.17, 15) is 42.7 Å². The average molecular weight is 980 g/mol. The predicted octanol–water partition coefficient (Wildman–Crippen LogP) is 0.909. The molecular formula is C32H44N11O19P3. The molecule has 2 heterocycles. The summed E-state index contributed by atoms with van der Waals surface area (Å²) in [6.07, 6.45) is -0.694. The van der Waals surface area contributed by atoms with Gasteiger partial charge in [-0.1, -0.05) is 34.6 Å². The first-order chi connectivity index (χ1) is 30.9. The van der Waals surface area contributed by atoms with Crippen molar-refractivity contribution in [3.05, 3.63) is 83.3 Å². The molecule has 1 aliphatic heterocycles. The second-order valence-corrected chi connectivity index (χ2v) is 17.8. The Morgan fingerprint density at radius 2 is 1.83 bits per heavy atom. The summed E-state index contributed by atoms with van der Waals surface area (Å²) < 4.78 is 75.1. The number of nitrogens with zero attached hydrogens (tertiary/aromatic N) is 7. The molecule has 1 saturated heterocycles. The van der Waals surface area contributed by atoms with E-state index in [4.69, 9.17) is 44.5 Å². The van der Waals surface area contributed by atoms with Crippen molar-refractivity contribution in [1.29, 1.82) is 0 Å². The molecule has 4 rings (SSSR count). The molecule has 1 aliphatic carbocycles. The molecule has 0 spiro atoms. The molecule has 6 atom stereocenters. The van der Waals surface area contributed by atoms with Gasteiger partial charge in [0.05, 0.1) is 32.5 Å². The smallest absolute Gasteiger partial charge is 0.490 e. The maximum atomic E-state index is 12.7. The standard InChI is InChI=1S/C32H44N11O19P3/c33-41-38-20-58-25-15-29(60-26(25)17-59-64(51,52)62-65(53,54)61-63(48,49)50)43-16-22(31(46)39-32(43)47)5-3-9-36-27(44)18-55-12-13-56-28(40-42-34)19-57-24-8-1-4-21(14-24)30(45)37-11-10-35-23-6-2-7-23/h1,4,8,14,16,23,25-26,28-29,35H,2,6-7,9-13,15,17-20H2,(H,36,44)(H,37,45)(H,51,52)(H,53,54)(H,39,46,47)(H2,48,49,50)/t25-,26-,28?,29-/m1/s1. The molecule has 356 valence electrons. The lowest BCUT2D eigenvalue weighted by atomic mass is 9.93. The zero-order chi connectivity index (χ0) is 47.5. The van der Waals surface area contributed by atoms with Crippen LogP contribution in [0.15, 0.2) is 50.3 Å². The SMILES string of the molecule is [N-]=[N+]=NCO[C@@H]1C[C@H](n2cc(C#CCNC(=O)COCCOC(COc3cccc(C(=O)NCCNC4CCC4)c3)N=[N+]=[N-])c(=O)[nH]c2=O)O[C@@H]1COP(=O)(O)OP(=O)(O)OP(=O)(O)O. The monoisotopic (exact) mass is 979 g/mol. The highest BCUT2D eigenvalue weighted by atomic mass is 31.3. The van der Waals surface area contributed by atoms with Gasteiger partial charge in [-0.05, 0) is 42.1 Å². The van der Waals surface area contributed by atoms with Crippen LogP contribution in [-0.2, 0) is 50.6 Å². The van der Waals surface area contributed by atoms with Gasteiger partial charge < -0.3 is 59.2 Å². The molecular weight excluding hydrogens is 935 g/mol. The highest BCUT2D eigenvalue weighted by Gasteiger charge is 2.43. The summed E-state index contributed by atoms with van der Waals surface area (Å²) in [5.74, 6) is 4.47.